The van der Waals surface area contributed by atoms with E-state index in [1.54, 1.807) is 0 Å². The van der Waals surface area contributed by atoms with E-state index in [2.05, 4.69) is 10.3 Å². The second kappa shape index (κ2) is 8.34. The summed E-state index contributed by atoms with van der Waals surface area (Å²) in [7, 11) is 0. The third kappa shape index (κ3) is 4.92. The number of rotatable bonds is 4. The monoisotopic (exact) mass is 416 g/mol. The Balaban J connectivity index is 1.51. The number of amides is 1. The van der Waals surface area contributed by atoms with E-state index in [1.165, 1.54) is 24.3 Å². The molecule has 0 saturated heterocycles. The molecule has 0 spiro atoms. The van der Waals surface area contributed by atoms with E-state index in [9.17, 15) is 22.4 Å². The molecule has 1 aromatic carbocycles. The molecule has 0 unspecified atom stereocenters. The predicted molar refractivity (Wildman–Crippen MR) is 94.8 cm³/mol. The minimum atomic E-state index is -4.44. The van der Waals surface area contributed by atoms with Crippen LogP contribution in [0, 0.1) is 5.82 Å². The van der Waals surface area contributed by atoms with Crippen molar-refractivity contribution in [2.45, 2.75) is 44.0 Å². The molecule has 1 heterocycles. The lowest BCUT2D eigenvalue weighted by Crippen LogP contribution is -2.40. The zero-order valence-electron chi connectivity index (χ0n) is 14.6. The summed E-state index contributed by atoms with van der Waals surface area (Å²) >= 11 is 5.90. The van der Waals surface area contributed by atoms with Gasteiger partial charge in [0.15, 0.2) is 0 Å². The Morgan fingerprint density at radius 2 is 1.86 bits per heavy atom. The van der Waals surface area contributed by atoms with Gasteiger partial charge in [-0.1, -0.05) is 17.7 Å². The lowest BCUT2D eigenvalue weighted by Gasteiger charge is -2.29. The highest BCUT2D eigenvalue weighted by Crippen LogP contribution is 2.30. The van der Waals surface area contributed by atoms with Crippen LogP contribution in [0.15, 0.2) is 36.5 Å². The summed E-state index contributed by atoms with van der Waals surface area (Å²) in [5.41, 5.74) is -1.02. The van der Waals surface area contributed by atoms with Crippen LogP contribution in [-0.2, 0) is 6.18 Å². The zero-order chi connectivity index (χ0) is 20.3. The Labute approximate surface area is 163 Å². The Morgan fingerprint density at radius 3 is 2.43 bits per heavy atom. The molecule has 3 rings (SSSR count). The van der Waals surface area contributed by atoms with Gasteiger partial charge in [-0.25, -0.2) is 9.37 Å². The van der Waals surface area contributed by atoms with Crippen LogP contribution in [0.5, 0.6) is 5.88 Å². The van der Waals surface area contributed by atoms with Gasteiger partial charge in [0.1, 0.15) is 11.9 Å². The number of carbonyl (C=O) groups excluding carboxylic acids is 1. The number of aromatic nitrogens is 1. The van der Waals surface area contributed by atoms with E-state index in [4.69, 9.17) is 16.3 Å². The maximum atomic E-state index is 13.8. The van der Waals surface area contributed by atoms with Crippen molar-refractivity contribution in [2.75, 3.05) is 0 Å². The molecule has 150 valence electrons. The highest BCUT2D eigenvalue weighted by Gasteiger charge is 2.31. The van der Waals surface area contributed by atoms with Gasteiger partial charge < -0.3 is 10.1 Å². The van der Waals surface area contributed by atoms with E-state index < -0.39 is 23.5 Å². The molecule has 28 heavy (non-hydrogen) atoms. The largest absolute Gasteiger partial charge is 0.474 e. The molecular formula is C19H17ClF4N2O2. The fraction of sp³-hybridized carbons (Fsp3) is 0.368. The lowest BCUT2D eigenvalue weighted by atomic mass is 9.92. The van der Waals surface area contributed by atoms with Crippen molar-refractivity contribution in [3.8, 4) is 5.88 Å². The predicted octanol–water partition coefficient (Wildman–Crippen LogP) is 5.01. The number of alkyl halides is 3. The van der Waals surface area contributed by atoms with Crippen molar-refractivity contribution in [2.24, 2.45) is 0 Å². The van der Waals surface area contributed by atoms with Crippen molar-refractivity contribution in [3.05, 3.63) is 58.5 Å². The molecule has 0 aliphatic heterocycles. The van der Waals surface area contributed by atoms with Crippen molar-refractivity contribution in [1.29, 1.82) is 0 Å². The quantitative estimate of drug-likeness (QED) is 0.712. The van der Waals surface area contributed by atoms with E-state index in [-0.39, 0.29) is 28.6 Å². The summed E-state index contributed by atoms with van der Waals surface area (Å²) in [6.07, 6.45) is -1.58. The summed E-state index contributed by atoms with van der Waals surface area (Å²) < 4.78 is 57.1. The average molecular weight is 417 g/mol. The fourth-order valence-electron chi connectivity index (χ4n) is 3.09. The zero-order valence-corrected chi connectivity index (χ0v) is 15.4. The van der Waals surface area contributed by atoms with Crippen LogP contribution in [0.3, 0.4) is 0 Å². The van der Waals surface area contributed by atoms with E-state index in [1.807, 2.05) is 0 Å². The molecule has 0 bridgehead atoms. The smallest absolute Gasteiger partial charge is 0.417 e. The molecule has 1 fully saturated rings. The van der Waals surface area contributed by atoms with Crippen molar-refractivity contribution < 1.29 is 27.1 Å². The molecule has 1 amide bonds. The number of benzene rings is 1. The lowest BCUT2D eigenvalue weighted by molar-refractivity contribution is -0.137. The Morgan fingerprint density at radius 1 is 1.14 bits per heavy atom. The highest BCUT2D eigenvalue weighted by atomic mass is 35.5. The number of pyridine rings is 1. The summed E-state index contributed by atoms with van der Waals surface area (Å²) in [4.78, 5) is 16.0. The van der Waals surface area contributed by atoms with Gasteiger partial charge in [-0.2, -0.15) is 13.2 Å². The Bertz CT molecular complexity index is 815. The van der Waals surface area contributed by atoms with Crippen LogP contribution >= 0.6 is 11.6 Å². The van der Waals surface area contributed by atoms with Gasteiger partial charge in [0.25, 0.3) is 5.91 Å². The summed E-state index contributed by atoms with van der Waals surface area (Å²) in [5.74, 6) is -1.13. The fourth-order valence-corrected chi connectivity index (χ4v) is 3.33. The molecule has 0 atom stereocenters. The first-order valence-corrected chi connectivity index (χ1v) is 9.06. The topological polar surface area (TPSA) is 51.2 Å². The number of hydrogen-bond acceptors (Lipinski definition) is 3. The maximum absolute atomic E-state index is 13.8. The summed E-state index contributed by atoms with van der Waals surface area (Å²) in [6, 6.07) is 5.99. The van der Waals surface area contributed by atoms with Crippen LogP contribution in [0.25, 0.3) is 0 Å². The van der Waals surface area contributed by atoms with E-state index in [0.717, 1.165) is 12.3 Å². The Hall–Kier alpha value is -2.35. The molecule has 0 radical (unpaired) electrons. The first-order chi connectivity index (χ1) is 13.2. The minimum Gasteiger partial charge on any atom is -0.474 e. The molecule has 1 aliphatic rings. The standard InChI is InChI=1S/C19H17ClF4N2O2/c20-14-2-1-3-15(21)17(14)18(27)26-12-5-7-13(8-6-12)28-16-9-4-11(10-25-16)19(22,23)24/h1-4,9-10,12-13H,5-8H2,(H,26,27). The van der Waals surface area contributed by atoms with Gasteiger partial charge in [0.2, 0.25) is 5.88 Å². The first-order valence-electron chi connectivity index (χ1n) is 8.69. The molecule has 1 saturated carbocycles. The van der Waals surface area contributed by atoms with Crippen LogP contribution in [-0.4, -0.2) is 23.0 Å². The van der Waals surface area contributed by atoms with Crippen LogP contribution in [0.2, 0.25) is 5.02 Å². The second-order valence-electron chi connectivity index (χ2n) is 6.54. The molecular weight excluding hydrogens is 400 g/mol. The first kappa shape index (κ1) is 20.4. The van der Waals surface area contributed by atoms with Crippen molar-refractivity contribution in [1.82, 2.24) is 10.3 Å². The van der Waals surface area contributed by atoms with Gasteiger partial charge in [0.05, 0.1) is 16.1 Å². The highest BCUT2D eigenvalue weighted by molar-refractivity contribution is 6.33. The number of hydrogen-bond donors (Lipinski definition) is 1. The van der Waals surface area contributed by atoms with E-state index >= 15 is 0 Å². The van der Waals surface area contributed by atoms with Crippen LogP contribution < -0.4 is 10.1 Å². The number of nitrogens with one attached hydrogen (secondary N) is 1. The number of nitrogens with zero attached hydrogens (tertiary/aromatic N) is 1. The second-order valence-corrected chi connectivity index (χ2v) is 6.95. The molecule has 2 aromatic rings. The van der Waals surface area contributed by atoms with Crippen molar-refractivity contribution in [3.63, 3.8) is 0 Å². The van der Waals surface area contributed by atoms with Gasteiger partial charge in [-0.15, -0.1) is 0 Å². The molecule has 1 aliphatic carbocycles. The molecule has 9 heteroatoms. The summed E-state index contributed by atoms with van der Waals surface area (Å²) in [6.45, 7) is 0. The van der Waals surface area contributed by atoms with Gasteiger partial charge in [-0.3, -0.25) is 4.79 Å². The minimum absolute atomic E-state index is 0.0443. The average Bonchev–Trinajstić information content (AvgIpc) is 2.63. The van der Waals surface area contributed by atoms with Gasteiger partial charge in [0, 0.05) is 18.3 Å². The number of ether oxygens (including phenoxy) is 1. The Kier molecular flexibility index (Phi) is 6.07. The normalized spacial score (nSPS) is 19.9. The van der Waals surface area contributed by atoms with Crippen LogP contribution in [0.4, 0.5) is 17.6 Å². The third-order valence-corrected chi connectivity index (χ3v) is 4.87. The summed E-state index contributed by atoms with van der Waals surface area (Å²) in [5, 5.41) is 2.81. The third-order valence-electron chi connectivity index (χ3n) is 4.55. The van der Waals surface area contributed by atoms with Gasteiger partial charge in [-0.05, 0) is 43.9 Å². The van der Waals surface area contributed by atoms with Crippen molar-refractivity contribution >= 4 is 17.5 Å². The molecule has 4 nitrogen and oxygen atoms in total. The maximum Gasteiger partial charge on any atom is 0.417 e. The SMILES string of the molecule is O=C(NC1CCC(Oc2ccc(C(F)(F)F)cn2)CC1)c1c(F)cccc1Cl. The van der Waals surface area contributed by atoms with E-state index in [0.29, 0.717) is 25.7 Å². The van der Waals surface area contributed by atoms with Crippen LogP contribution in [0.1, 0.15) is 41.6 Å². The molecule has 1 aromatic heterocycles. The number of halogens is 5. The number of carbonyl (C=O) groups is 1. The van der Waals surface area contributed by atoms with Gasteiger partial charge >= 0.3 is 6.18 Å². The molecule has 1 N–H and O–H groups in total.